The molecule has 0 unspecified atom stereocenters. The number of rotatable bonds is 4. The van der Waals surface area contributed by atoms with E-state index >= 15 is 0 Å². The Kier molecular flexibility index (Phi) is 4.60. The van der Waals surface area contributed by atoms with Crippen molar-refractivity contribution in [1.29, 1.82) is 0 Å². The molecule has 0 saturated heterocycles. The summed E-state index contributed by atoms with van der Waals surface area (Å²) in [7, 11) is 0. The van der Waals surface area contributed by atoms with E-state index in [0.717, 1.165) is 0 Å². The maximum Gasteiger partial charge on any atom is 0.275 e. The topological polar surface area (TPSA) is 84.0 Å². The summed E-state index contributed by atoms with van der Waals surface area (Å²) in [6.07, 6.45) is 0. The SMILES string of the molecule is O=C1C(Cl)=C(Cl)C(=O)N1COCN1C(=O)C(Cl)=C(Cl)C1=O. The fourth-order valence-corrected chi connectivity index (χ4v) is 2.22. The van der Waals surface area contributed by atoms with Gasteiger partial charge in [-0.25, -0.2) is 9.80 Å². The van der Waals surface area contributed by atoms with Gasteiger partial charge in [0, 0.05) is 0 Å². The zero-order chi connectivity index (χ0) is 15.9. The maximum absolute atomic E-state index is 11.5. The Morgan fingerprint density at radius 2 is 0.857 bits per heavy atom. The van der Waals surface area contributed by atoms with Gasteiger partial charge in [0.1, 0.15) is 33.6 Å². The number of ether oxygens (including phenoxy) is 1. The minimum Gasteiger partial charge on any atom is -0.340 e. The van der Waals surface area contributed by atoms with Crippen molar-refractivity contribution in [1.82, 2.24) is 9.80 Å². The predicted molar refractivity (Wildman–Crippen MR) is 72.0 cm³/mol. The highest BCUT2D eigenvalue weighted by Crippen LogP contribution is 2.28. The highest BCUT2D eigenvalue weighted by molar-refractivity contribution is 6.58. The van der Waals surface area contributed by atoms with Crippen molar-refractivity contribution in [3.05, 3.63) is 20.1 Å². The van der Waals surface area contributed by atoms with E-state index in [9.17, 15) is 19.2 Å². The van der Waals surface area contributed by atoms with Gasteiger partial charge in [-0.2, -0.15) is 0 Å². The molecule has 7 nitrogen and oxygen atoms in total. The van der Waals surface area contributed by atoms with E-state index in [-0.39, 0.29) is 0 Å². The quantitative estimate of drug-likeness (QED) is 0.687. The van der Waals surface area contributed by atoms with E-state index in [0.29, 0.717) is 9.80 Å². The van der Waals surface area contributed by atoms with Gasteiger partial charge in [-0.3, -0.25) is 19.2 Å². The van der Waals surface area contributed by atoms with Crippen LogP contribution in [-0.2, 0) is 23.9 Å². The van der Waals surface area contributed by atoms with Gasteiger partial charge >= 0.3 is 0 Å². The average molecular weight is 374 g/mol. The number of carbonyl (C=O) groups is 4. The molecule has 0 aliphatic carbocycles. The minimum atomic E-state index is -0.833. The third-order valence-corrected chi connectivity index (χ3v) is 4.15. The first-order valence-corrected chi connectivity index (χ1v) is 6.69. The molecular weight excluding hydrogens is 370 g/mol. The van der Waals surface area contributed by atoms with Crippen molar-refractivity contribution >= 4 is 70.0 Å². The van der Waals surface area contributed by atoms with Crippen LogP contribution < -0.4 is 0 Å². The van der Waals surface area contributed by atoms with Crippen LogP contribution in [0, 0.1) is 0 Å². The number of hydrogen-bond acceptors (Lipinski definition) is 5. The molecule has 0 bridgehead atoms. The lowest BCUT2D eigenvalue weighted by atomic mass is 10.5. The van der Waals surface area contributed by atoms with Crippen molar-refractivity contribution in [3.8, 4) is 0 Å². The molecule has 11 heteroatoms. The molecule has 2 heterocycles. The van der Waals surface area contributed by atoms with Gasteiger partial charge in [0.2, 0.25) is 0 Å². The third kappa shape index (κ3) is 2.67. The van der Waals surface area contributed by atoms with Gasteiger partial charge in [0.15, 0.2) is 0 Å². The van der Waals surface area contributed by atoms with E-state index in [4.69, 9.17) is 51.1 Å². The smallest absolute Gasteiger partial charge is 0.275 e. The van der Waals surface area contributed by atoms with E-state index in [1.807, 2.05) is 0 Å². The molecule has 0 fully saturated rings. The maximum atomic E-state index is 11.5. The fourth-order valence-electron chi connectivity index (χ4n) is 1.49. The molecule has 0 spiro atoms. The number of imide groups is 2. The summed E-state index contributed by atoms with van der Waals surface area (Å²) in [5, 5.41) is -1.70. The van der Waals surface area contributed by atoms with Gasteiger partial charge in [0.25, 0.3) is 23.6 Å². The van der Waals surface area contributed by atoms with Gasteiger partial charge in [0.05, 0.1) is 0 Å². The Bertz CT molecular complexity index is 539. The van der Waals surface area contributed by atoms with Crippen molar-refractivity contribution in [3.63, 3.8) is 0 Å². The zero-order valence-electron chi connectivity index (χ0n) is 9.86. The first kappa shape index (κ1) is 16.3. The van der Waals surface area contributed by atoms with Gasteiger partial charge in [-0.15, -0.1) is 0 Å². The molecule has 0 aromatic carbocycles. The van der Waals surface area contributed by atoms with Crippen LogP contribution in [0.15, 0.2) is 20.1 Å². The van der Waals surface area contributed by atoms with Crippen LogP contribution in [-0.4, -0.2) is 46.9 Å². The number of carbonyl (C=O) groups excluding carboxylic acids is 4. The molecule has 112 valence electrons. The van der Waals surface area contributed by atoms with Crippen molar-refractivity contribution in [2.24, 2.45) is 0 Å². The lowest BCUT2D eigenvalue weighted by Crippen LogP contribution is -2.38. The van der Waals surface area contributed by atoms with Crippen molar-refractivity contribution < 1.29 is 23.9 Å². The Balaban J connectivity index is 1.93. The van der Waals surface area contributed by atoms with Crippen LogP contribution in [0.1, 0.15) is 0 Å². The zero-order valence-corrected chi connectivity index (χ0v) is 12.9. The van der Waals surface area contributed by atoms with Crippen LogP contribution in [0.4, 0.5) is 0 Å². The van der Waals surface area contributed by atoms with Crippen LogP contribution in [0.25, 0.3) is 0 Å². The summed E-state index contributed by atoms with van der Waals surface area (Å²) in [4.78, 5) is 47.4. The van der Waals surface area contributed by atoms with Crippen LogP contribution >= 0.6 is 46.4 Å². The molecule has 0 atom stereocenters. The fraction of sp³-hybridized carbons (Fsp3) is 0.200. The molecule has 0 N–H and O–H groups in total. The second kappa shape index (κ2) is 5.94. The van der Waals surface area contributed by atoms with E-state index in [1.54, 1.807) is 0 Å². The number of amides is 4. The van der Waals surface area contributed by atoms with Gasteiger partial charge < -0.3 is 4.74 Å². The summed E-state index contributed by atoms with van der Waals surface area (Å²) in [5.74, 6) is -3.33. The van der Waals surface area contributed by atoms with Crippen LogP contribution in [0.5, 0.6) is 0 Å². The van der Waals surface area contributed by atoms with E-state index in [1.165, 1.54) is 0 Å². The highest BCUT2D eigenvalue weighted by Gasteiger charge is 2.39. The lowest BCUT2D eigenvalue weighted by Gasteiger charge is -2.18. The normalized spacial score (nSPS) is 19.8. The average Bonchev–Trinajstić information content (AvgIpc) is 2.76. The molecule has 2 aliphatic heterocycles. The molecule has 0 radical (unpaired) electrons. The molecule has 0 aromatic rings. The summed E-state index contributed by atoms with van der Waals surface area (Å²) in [6, 6.07) is 0. The van der Waals surface area contributed by atoms with Gasteiger partial charge in [-0.05, 0) is 0 Å². The molecule has 4 amide bonds. The second-order valence-electron chi connectivity index (χ2n) is 3.79. The minimum absolute atomic E-state index is 0.425. The molecule has 21 heavy (non-hydrogen) atoms. The van der Waals surface area contributed by atoms with E-state index < -0.39 is 57.2 Å². The summed E-state index contributed by atoms with van der Waals surface area (Å²) in [6.45, 7) is -1.09. The number of hydrogen-bond donors (Lipinski definition) is 0. The summed E-state index contributed by atoms with van der Waals surface area (Å²) in [5.41, 5.74) is 0. The lowest BCUT2D eigenvalue weighted by molar-refractivity contribution is -0.150. The van der Waals surface area contributed by atoms with Crippen molar-refractivity contribution in [2.75, 3.05) is 13.5 Å². The monoisotopic (exact) mass is 372 g/mol. The molecule has 0 saturated carbocycles. The Labute approximate surface area is 137 Å². The first-order chi connectivity index (χ1) is 9.77. The summed E-state index contributed by atoms with van der Waals surface area (Å²) < 4.78 is 4.96. The molecule has 0 aromatic heterocycles. The molecule has 2 aliphatic rings. The predicted octanol–water partition coefficient (Wildman–Crippen LogP) is 1.03. The first-order valence-electron chi connectivity index (χ1n) is 5.18. The third-order valence-electron chi connectivity index (χ3n) is 2.56. The summed E-state index contributed by atoms with van der Waals surface area (Å²) >= 11 is 22.1. The second-order valence-corrected chi connectivity index (χ2v) is 5.31. The number of nitrogens with zero attached hydrogens (tertiary/aromatic N) is 2. The van der Waals surface area contributed by atoms with Crippen LogP contribution in [0.3, 0.4) is 0 Å². The number of halogens is 4. The standard InChI is InChI=1S/C10H4Cl4N2O5/c11-3-4(12)8(18)15(7(3)17)1-21-2-16-9(19)5(13)6(14)10(16)20/h1-2H2. The van der Waals surface area contributed by atoms with E-state index in [2.05, 4.69) is 0 Å². The largest absolute Gasteiger partial charge is 0.340 e. The Morgan fingerprint density at radius 1 is 0.619 bits per heavy atom. The Hall–Kier alpha value is -1.12. The van der Waals surface area contributed by atoms with Crippen LogP contribution in [0.2, 0.25) is 0 Å². The highest BCUT2D eigenvalue weighted by atomic mass is 35.5. The molecular formula is C10H4Cl4N2O5. The Morgan fingerprint density at radius 3 is 1.10 bits per heavy atom. The van der Waals surface area contributed by atoms with Crippen molar-refractivity contribution in [2.45, 2.75) is 0 Å². The molecule has 2 rings (SSSR count). The van der Waals surface area contributed by atoms with Gasteiger partial charge in [-0.1, -0.05) is 46.4 Å².